The van der Waals surface area contributed by atoms with Gasteiger partial charge in [-0.05, 0) is 73.8 Å². The summed E-state index contributed by atoms with van der Waals surface area (Å²) in [6, 6.07) is 7.92. The molecule has 0 heterocycles. The van der Waals surface area contributed by atoms with E-state index in [-0.39, 0.29) is 6.61 Å². The van der Waals surface area contributed by atoms with Gasteiger partial charge in [0, 0.05) is 0 Å². The molecule has 2 rings (SSSR count). The first kappa shape index (κ1) is 21.2. The van der Waals surface area contributed by atoms with Gasteiger partial charge in [-0.25, -0.2) is 4.79 Å². The summed E-state index contributed by atoms with van der Waals surface area (Å²) >= 11 is 6.68. The van der Waals surface area contributed by atoms with Crippen molar-refractivity contribution in [3.8, 4) is 5.75 Å². The number of ether oxygens (including phenoxy) is 2. The van der Waals surface area contributed by atoms with Crippen molar-refractivity contribution in [1.29, 1.82) is 0 Å². The minimum Gasteiger partial charge on any atom is -0.480 e. The van der Waals surface area contributed by atoms with E-state index in [0.717, 1.165) is 12.1 Å². The molecule has 0 amide bonds. The van der Waals surface area contributed by atoms with Crippen molar-refractivity contribution in [2.75, 3.05) is 19.1 Å². The molecule has 0 atom stereocenters. The second-order valence-electron chi connectivity index (χ2n) is 5.12. The van der Waals surface area contributed by atoms with Crippen LogP contribution in [-0.2, 0) is 15.7 Å². The molecule has 0 aliphatic rings. The summed E-state index contributed by atoms with van der Waals surface area (Å²) in [5.41, 5.74) is 3.01. The molecule has 0 unspecified atom stereocenters. The van der Waals surface area contributed by atoms with Gasteiger partial charge in [0.15, 0.2) is 6.61 Å². The first-order chi connectivity index (χ1) is 12.7. The topological polar surface area (TPSA) is 59.9 Å². The average Bonchev–Trinajstić information content (AvgIpc) is 2.60. The third-order valence-corrected chi connectivity index (χ3v) is 4.38. The molecule has 2 aromatic carbocycles. The molecule has 0 aliphatic heterocycles. The molecule has 0 saturated heterocycles. The van der Waals surface area contributed by atoms with Crippen molar-refractivity contribution in [3.05, 3.63) is 56.5 Å². The molecule has 0 fully saturated rings. The maximum Gasteiger partial charge on any atom is 0.416 e. The quantitative estimate of drug-likeness (QED) is 0.329. The van der Waals surface area contributed by atoms with Gasteiger partial charge in [0.05, 0.1) is 33.5 Å². The number of hydrazone groups is 1. The van der Waals surface area contributed by atoms with Gasteiger partial charge in [-0.3, -0.25) is 5.43 Å². The van der Waals surface area contributed by atoms with Crippen molar-refractivity contribution in [3.63, 3.8) is 0 Å². The number of nitrogens with one attached hydrogen (secondary N) is 1. The number of anilines is 1. The number of hydrogen-bond acceptors (Lipinski definition) is 5. The Morgan fingerprint density at radius 2 is 1.78 bits per heavy atom. The highest BCUT2D eigenvalue weighted by molar-refractivity contribution is 9.11. The van der Waals surface area contributed by atoms with Crippen LogP contribution in [0.1, 0.15) is 11.1 Å². The van der Waals surface area contributed by atoms with Crippen LogP contribution in [0.4, 0.5) is 18.9 Å². The van der Waals surface area contributed by atoms with E-state index in [1.165, 1.54) is 25.5 Å². The molecule has 144 valence electrons. The van der Waals surface area contributed by atoms with E-state index in [9.17, 15) is 18.0 Å². The van der Waals surface area contributed by atoms with E-state index in [4.69, 9.17) is 4.74 Å². The van der Waals surface area contributed by atoms with Crippen LogP contribution in [0, 0.1) is 0 Å². The normalized spacial score (nSPS) is 11.5. The zero-order valence-electron chi connectivity index (χ0n) is 13.8. The Balaban J connectivity index is 2.03. The van der Waals surface area contributed by atoms with Crippen molar-refractivity contribution in [2.45, 2.75) is 6.18 Å². The van der Waals surface area contributed by atoms with Crippen molar-refractivity contribution < 1.29 is 27.4 Å². The van der Waals surface area contributed by atoms with Crippen LogP contribution >= 0.6 is 31.9 Å². The lowest BCUT2D eigenvalue weighted by Gasteiger charge is -2.10. The smallest absolute Gasteiger partial charge is 0.416 e. The van der Waals surface area contributed by atoms with Crippen LogP contribution in [0.5, 0.6) is 5.75 Å². The highest BCUT2D eigenvalue weighted by atomic mass is 79.9. The fourth-order valence-corrected chi connectivity index (χ4v) is 3.35. The van der Waals surface area contributed by atoms with E-state index in [0.29, 0.717) is 25.9 Å². The van der Waals surface area contributed by atoms with Crippen LogP contribution in [0.25, 0.3) is 0 Å². The molecule has 2 aromatic rings. The third-order valence-electron chi connectivity index (χ3n) is 3.20. The van der Waals surface area contributed by atoms with E-state index in [2.05, 4.69) is 47.1 Å². The molecule has 0 radical (unpaired) electrons. The molecule has 0 aromatic heterocycles. The summed E-state index contributed by atoms with van der Waals surface area (Å²) in [6.45, 7) is -0.239. The van der Waals surface area contributed by atoms with Gasteiger partial charge >= 0.3 is 12.1 Å². The van der Waals surface area contributed by atoms with Crippen molar-refractivity contribution >= 4 is 49.7 Å². The van der Waals surface area contributed by atoms with Gasteiger partial charge in [0.2, 0.25) is 0 Å². The largest absolute Gasteiger partial charge is 0.480 e. The number of esters is 1. The van der Waals surface area contributed by atoms with Crippen LogP contribution in [-0.4, -0.2) is 25.9 Å². The zero-order valence-corrected chi connectivity index (χ0v) is 17.0. The summed E-state index contributed by atoms with van der Waals surface area (Å²) in [7, 11) is 1.26. The molecular formula is C17H13Br2F3N2O3. The van der Waals surface area contributed by atoms with E-state index < -0.39 is 17.7 Å². The van der Waals surface area contributed by atoms with E-state index in [1.54, 1.807) is 12.1 Å². The van der Waals surface area contributed by atoms with E-state index >= 15 is 0 Å². The van der Waals surface area contributed by atoms with Gasteiger partial charge in [0.25, 0.3) is 0 Å². The van der Waals surface area contributed by atoms with Gasteiger partial charge in [-0.15, -0.1) is 0 Å². The lowest BCUT2D eigenvalue weighted by Crippen LogP contribution is -2.13. The number of benzene rings is 2. The van der Waals surface area contributed by atoms with Gasteiger partial charge in [0.1, 0.15) is 5.75 Å². The highest BCUT2D eigenvalue weighted by Gasteiger charge is 2.29. The van der Waals surface area contributed by atoms with Crippen LogP contribution in [0.15, 0.2) is 50.4 Å². The van der Waals surface area contributed by atoms with Crippen LogP contribution in [0.2, 0.25) is 0 Å². The Morgan fingerprint density at radius 1 is 1.19 bits per heavy atom. The lowest BCUT2D eigenvalue weighted by molar-refractivity contribution is -0.143. The molecule has 5 nitrogen and oxygen atoms in total. The molecule has 10 heteroatoms. The second-order valence-corrected chi connectivity index (χ2v) is 6.83. The number of carbonyl (C=O) groups excluding carboxylic acids is 1. The molecule has 0 bridgehead atoms. The molecule has 0 saturated carbocycles. The average molecular weight is 510 g/mol. The Labute approximate surface area is 169 Å². The van der Waals surface area contributed by atoms with Gasteiger partial charge < -0.3 is 9.47 Å². The van der Waals surface area contributed by atoms with Crippen molar-refractivity contribution in [1.82, 2.24) is 0 Å². The third kappa shape index (κ3) is 6.24. The number of halogens is 5. The van der Waals surface area contributed by atoms with Gasteiger partial charge in [-0.2, -0.15) is 18.3 Å². The summed E-state index contributed by atoms with van der Waals surface area (Å²) in [6.07, 6.45) is -2.89. The molecule has 0 aliphatic carbocycles. The van der Waals surface area contributed by atoms with Crippen LogP contribution in [0.3, 0.4) is 0 Å². The summed E-state index contributed by atoms with van der Waals surface area (Å²) in [5.74, 6) is -0.0894. The predicted octanol–water partition coefficient (Wildman–Crippen LogP) is 5.23. The predicted molar refractivity (Wildman–Crippen MR) is 102 cm³/mol. The lowest BCUT2D eigenvalue weighted by atomic mass is 10.2. The maximum absolute atomic E-state index is 12.5. The summed E-state index contributed by atoms with van der Waals surface area (Å²) < 4.78 is 48.6. The highest BCUT2D eigenvalue weighted by Crippen LogP contribution is 2.34. The summed E-state index contributed by atoms with van der Waals surface area (Å²) in [4.78, 5) is 11.2. The Morgan fingerprint density at radius 3 is 2.30 bits per heavy atom. The zero-order chi connectivity index (χ0) is 20.0. The SMILES string of the molecule is COC(=O)COc1c(Br)cc(/C=N/Nc2ccc(C(F)(F)F)cc2)cc1Br. The monoisotopic (exact) mass is 508 g/mol. The molecule has 0 spiro atoms. The number of methoxy groups -OCH3 is 1. The second kappa shape index (κ2) is 9.23. The standard InChI is InChI=1S/C17H13Br2F3N2O3/c1-26-15(25)9-27-16-13(18)6-10(7-14(16)19)8-23-24-12-4-2-11(3-5-12)17(20,21)22/h2-8,24H,9H2,1H3/b23-8+. The number of carbonyl (C=O) groups is 1. The maximum atomic E-state index is 12.5. The van der Waals surface area contributed by atoms with Gasteiger partial charge in [-0.1, -0.05) is 0 Å². The number of nitrogens with zero attached hydrogens (tertiary/aromatic N) is 1. The van der Waals surface area contributed by atoms with E-state index in [1.807, 2.05) is 0 Å². The fourth-order valence-electron chi connectivity index (χ4n) is 1.90. The number of alkyl halides is 3. The molecular weight excluding hydrogens is 497 g/mol. The first-order valence-electron chi connectivity index (χ1n) is 7.35. The Hall–Kier alpha value is -2.07. The number of rotatable bonds is 6. The fraction of sp³-hybridized carbons (Fsp3) is 0.176. The molecule has 27 heavy (non-hydrogen) atoms. The minimum absolute atomic E-state index is 0.239. The Kier molecular flexibility index (Phi) is 7.25. The Bertz CT molecular complexity index is 817. The summed E-state index contributed by atoms with van der Waals surface area (Å²) in [5, 5.41) is 3.99. The minimum atomic E-state index is -4.38. The first-order valence-corrected chi connectivity index (χ1v) is 8.94. The van der Waals surface area contributed by atoms with Crippen molar-refractivity contribution in [2.24, 2.45) is 5.10 Å². The number of hydrogen-bond donors (Lipinski definition) is 1. The van der Waals surface area contributed by atoms with Crippen LogP contribution < -0.4 is 10.2 Å². The molecule has 1 N–H and O–H groups in total.